The van der Waals surface area contributed by atoms with Gasteiger partial charge in [-0.3, -0.25) is 9.59 Å². The monoisotopic (exact) mass is 887 g/mol. The Labute approximate surface area is 390 Å². The molecule has 1 N–H and O–H groups in total. The van der Waals surface area contributed by atoms with Gasteiger partial charge in [0, 0.05) is 19.3 Å². The van der Waals surface area contributed by atoms with E-state index in [0.29, 0.717) is 19.3 Å². The predicted octanol–water partition coefficient (Wildman–Crippen LogP) is 14.0. The molecule has 0 heterocycles. The number of carbonyl (C=O) groups is 3. The lowest BCUT2D eigenvalue weighted by Crippen LogP contribution is -2.50. The molecule has 0 amide bonds. The zero-order chi connectivity index (χ0) is 47.0. The molecule has 0 aliphatic carbocycles. The first-order valence-electron chi connectivity index (χ1n) is 24.2. The number of likely N-dealkylation sites (N-methyl/N-ethyl adjacent to an activating group) is 1. The van der Waals surface area contributed by atoms with E-state index in [1.165, 1.54) is 25.7 Å². The van der Waals surface area contributed by atoms with Crippen molar-refractivity contribution < 1.29 is 38.2 Å². The standard InChI is InChI=1S/C56H87NO7/c1-6-8-10-12-14-16-18-20-22-24-25-26-27-28-29-31-33-35-37-39-41-43-45-47-55(59)64-52(50-62-49-48-53(56(60)61)57(3,4)5)51-63-54(58)46-44-42-40-38-36-34-32-30-23-21-19-17-15-13-11-9-7-2/h8,10,14-17,20-23,25-26,28-29,32-35,38-41,52-53H,6-7,9,11-13,18-19,24,27,30-31,36-37,42-51H2,1-5H3/p+1/b10-8+,16-14+,17-15+,22-20+,23-21+,26-25+,29-28+,34-32+,35-33+,40-38+,41-39+. The summed E-state index contributed by atoms with van der Waals surface area (Å²) in [6.45, 7) is 4.44. The maximum absolute atomic E-state index is 12.8. The molecule has 0 saturated carbocycles. The third-order valence-corrected chi connectivity index (χ3v) is 9.78. The van der Waals surface area contributed by atoms with Crippen molar-refractivity contribution in [2.75, 3.05) is 41.0 Å². The van der Waals surface area contributed by atoms with Gasteiger partial charge in [0.1, 0.15) is 6.61 Å². The Morgan fingerprint density at radius 1 is 0.484 bits per heavy atom. The van der Waals surface area contributed by atoms with Crippen LogP contribution >= 0.6 is 0 Å². The van der Waals surface area contributed by atoms with Crippen molar-refractivity contribution in [2.24, 2.45) is 0 Å². The smallest absolute Gasteiger partial charge is 0.362 e. The number of esters is 2. The van der Waals surface area contributed by atoms with E-state index in [-0.39, 0.29) is 49.1 Å². The van der Waals surface area contributed by atoms with Gasteiger partial charge in [0.05, 0.1) is 34.4 Å². The summed E-state index contributed by atoms with van der Waals surface area (Å²) in [5.41, 5.74) is 0. The lowest BCUT2D eigenvalue weighted by atomic mass is 10.1. The molecule has 0 aliphatic rings. The Morgan fingerprint density at radius 2 is 0.859 bits per heavy atom. The van der Waals surface area contributed by atoms with E-state index >= 15 is 0 Å². The third-order valence-electron chi connectivity index (χ3n) is 9.78. The summed E-state index contributed by atoms with van der Waals surface area (Å²) in [5, 5.41) is 9.64. The quantitative estimate of drug-likeness (QED) is 0.0282. The largest absolute Gasteiger partial charge is 0.477 e. The summed E-state index contributed by atoms with van der Waals surface area (Å²) in [6, 6.07) is -0.643. The number of rotatable bonds is 41. The molecule has 0 rings (SSSR count). The predicted molar refractivity (Wildman–Crippen MR) is 270 cm³/mol. The lowest BCUT2D eigenvalue weighted by molar-refractivity contribution is -0.887. The highest BCUT2D eigenvalue weighted by Gasteiger charge is 2.31. The van der Waals surface area contributed by atoms with E-state index in [9.17, 15) is 19.5 Å². The number of carboxylic acid groups (broad SMARTS) is 1. The van der Waals surface area contributed by atoms with Gasteiger partial charge in [0.25, 0.3) is 0 Å². The Balaban J connectivity index is 4.52. The molecule has 64 heavy (non-hydrogen) atoms. The minimum absolute atomic E-state index is 0.0105. The molecule has 0 aromatic heterocycles. The maximum atomic E-state index is 12.8. The van der Waals surface area contributed by atoms with Crippen molar-refractivity contribution in [1.29, 1.82) is 0 Å². The van der Waals surface area contributed by atoms with E-state index in [4.69, 9.17) is 14.2 Å². The fourth-order valence-electron chi connectivity index (χ4n) is 6.07. The number of aliphatic carboxylic acids is 1. The molecule has 0 radical (unpaired) electrons. The highest BCUT2D eigenvalue weighted by atomic mass is 16.6. The average molecular weight is 887 g/mol. The molecular formula is C56H88NO7+. The van der Waals surface area contributed by atoms with Gasteiger partial charge in [-0.15, -0.1) is 0 Å². The first-order valence-corrected chi connectivity index (χ1v) is 24.2. The molecule has 8 heteroatoms. The van der Waals surface area contributed by atoms with Gasteiger partial charge in [-0.1, -0.05) is 160 Å². The second kappa shape index (κ2) is 45.1. The molecule has 0 aromatic rings. The number of nitrogens with zero attached hydrogens (tertiary/aromatic N) is 1. The summed E-state index contributed by atoms with van der Waals surface area (Å²) in [4.78, 5) is 37.1. The van der Waals surface area contributed by atoms with Crippen molar-refractivity contribution in [3.63, 3.8) is 0 Å². The number of allylic oxidation sites excluding steroid dienone is 22. The average Bonchev–Trinajstić information content (AvgIpc) is 3.26. The van der Waals surface area contributed by atoms with Gasteiger partial charge >= 0.3 is 17.9 Å². The van der Waals surface area contributed by atoms with Crippen molar-refractivity contribution in [3.8, 4) is 0 Å². The molecule has 0 fully saturated rings. The van der Waals surface area contributed by atoms with Crippen LogP contribution in [0.25, 0.3) is 0 Å². The summed E-state index contributed by atoms with van der Waals surface area (Å²) >= 11 is 0. The van der Waals surface area contributed by atoms with E-state index in [2.05, 4.69) is 148 Å². The number of ether oxygens (including phenoxy) is 3. The van der Waals surface area contributed by atoms with Crippen molar-refractivity contribution in [1.82, 2.24) is 0 Å². The summed E-state index contributed by atoms with van der Waals surface area (Å²) in [5.74, 6) is -1.64. The number of quaternary nitrogens is 1. The van der Waals surface area contributed by atoms with E-state index in [1.54, 1.807) is 0 Å². The van der Waals surface area contributed by atoms with E-state index in [1.807, 2.05) is 21.1 Å². The van der Waals surface area contributed by atoms with Crippen molar-refractivity contribution >= 4 is 17.9 Å². The number of carboxylic acids is 1. The van der Waals surface area contributed by atoms with Gasteiger partial charge in [-0.25, -0.2) is 4.79 Å². The Bertz CT molecular complexity index is 1500. The van der Waals surface area contributed by atoms with Gasteiger partial charge < -0.3 is 23.8 Å². The zero-order valence-corrected chi connectivity index (χ0v) is 40.7. The zero-order valence-electron chi connectivity index (χ0n) is 40.7. The van der Waals surface area contributed by atoms with Crippen LogP contribution in [-0.4, -0.2) is 80.6 Å². The summed E-state index contributed by atoms with van der Waals surface area (Å²) in [6.07, 6.45) is 65.1. The summed E-state index contributed by atoms with van der Waals surface area (Å²) < 4.78 is 17.2. The molecule has 2 unspecified atom stereocenters. The van der Waals surface area contributed by atoms with Gasteiger partial charge in [0.15, 0.2) is 12.1 Å². The molecule has 358 valence electrons. The molecule has 0 bridgehead atoms. The third kappa shape index (κ3) is 42.8. The fraction of sp³-hybridized carbons (Fsp3) is 0.554. The van der Waals surface area contributed by atoms with Crippen LogP contribution in [-0.2, 0) is 28.6 Å². The highest BCUT2D eigenvalue weighted by Crippen LogP contribution is 2.11. The maximum Gasteiger partial charge on any atom is 0.362 e. The van der Waals surface area contributed by atoms with Crippen LogP contribution in [0.15, 0.2) is 134 Å². The molecule has 0 spiro atoms. The fourth-order valence-corrected chi connectivity index (χ4v) is 6.07. The molecule has 0 aromatic carbocycles. The molecular weight excluding hydrogens is 799 g/mol. The number of unbranched alkanes of at least 4 members (excludes halogenated alkanes) is 5. The van der Waals surface area contributed by atoms with Gasteiger partial charge in [0.2, 0.25) is 0 Å². The molecule has 8 nitrogen and oxygen atoms in total. The van der Waals surface area contributed by atoms with E-state index in [0.717, 1.165) is 77.0 Å². The SMILES string of the molecule is CC/C=C/C/C=C/C/C=C/C/C=C/C/C=C/C/C=C/C/C=C/CCCC(=O)OC(COCCC(C(=O)O)[N+](C)(C)C)COC(=O)CCC/C=C/C/C=C/C/C=C/C/C=C/CCCCC. The minimum Gasteiger partial charge on any atom is -0.477 e. The van der Waals surface area contributed by atoms with Crippen molar-refractivity contribution in [3.05, 3.63) is 134 Å². The number of hydrogen-bond acceptors (Lipinski definition) is 6. The van der Waals surface area contributed by atoms with Crippen LogP contribution in [0.1, 0.15) is 149 Å². The Kier molecular flexibility index (Phi) is 41.9. The van der Waals surface area contributed by atoms with Crippen LogP contribution in [0.2, 0.25) is 0 Å². The Morgan fingerprint density at radius 3 is 1.23 bits per heavy atom. The summed E-state index contributed by atoms with van der Waals surface area (Å²) in [7, 11) is 5.48. The van der Waals surface area contributed by atoms with Gasteiger partial charge in [-0.05, 0) is 103 Å². The van der Waals surface area contributed by atoms with Crippen LogP contribution in [0, 0.1) is 0 Å². The van der Waals surface area contributed by atoms with Crippen molar-refractivity contribution in [2.45, 2.75) is 161 Å². The van der Waals surface area contributed by atoms with Crippen LogP contribution in [0.5, 0.6) is 0 Å². The molecule has 0 saturated heterocycles. The second-order valence-electron chi connectivity index (χ2n) is 16.6. The second-order valence-corrected chi connectivity index (χ2v) is 16.6. The Hall–Kier alpha value is -4.53. The van der Waals surface area contributed by atoms with Crippen LogP contribution < -0.4 is 0 Å². The highest BCUT2D eigenvalue weighted by molar-refractivity contribution is 5.72. The lowest BCUT2D eigenvalue weighted by Gasteiger charge is -2.31. The molecule has 0 aliphatic heterocycles. The first kappa shape index (κ1) is 59.5. The van der Waals surface area contributed by atoms with Gasteiger partial charge in [-0.2, -0.15) is 0 Å². The normalized spacial score (nSPS) is 14.1. The topological polar surface area (TPSA) is 99.1 Å². The van der Waals surface area contributed by atoms with Crippen LogP contribution in [0.4, 0.5) is 0 Å². The first-order chi connectivity index (χ1) is 31.1. The molecule has 2 atom stereocenters. The number of hydrogen-bond donors (Lipinski definition) is 1. The van der Waals surface area contributed by atoms with E-state index < -0.39 is 18.1 Å². The minimum atomic E-state index is -0.898. The number of carbonyl (C=O) groups excluding carboxylic acids is 2. The van der Waals surface area contributed by atoms with Crippen LogP contribution in [0.3, 0.4) is 0 Å².